The van der Waals surface area contributed by atoms with Gasteiger partial charge in [-0.2, -0.15) is 0 Å². The van der Waals surface area contributed by atoms with Crippen molar-refractivity contribution in [1.29, 1.82) is 0 Å². The Morgan fingerprint density at radius 2 is 2.23 bits per heavy atom. The molecule has 1 N–H and O–H groups in total. The van der Waals surface area contributed by atoms with Gasteiger partial charge in [-0.05, 0) is 38.1 Å². The molecule has 0 aromatic heterocycles. The smallest absolute Gasteiger partial charge is 0.165 e. The number of methoxy groups -OCH3 is 1. The third kappa shape index (κ3) is 1.28. The molecule has 4 aliphatic rings. The number of likely N-dealkylation sites (tertiary alicyclic amines) is 1. The molecule has 4 heteroatoms. The van der Waals surface area contributed by atoms with Crippen molar-refractivity contribution in [2.24, 2.45) is 5.92 Å². The quantitative estimate of drug-likeness (QED) is 0.798. The first-order valence-electron chi connectivity index (χ1n) is 8.10. The first-order valence-corrected chi connectivity index (χ1v) is 8.10. The summed E-state index contributed by atoms with van der Waals surface area (Å²) < 4.78 is 11.8. The number of hydrogen-bond donors (Lipinski definition) is 1. The van der Waals surface area contributed by atoms with Gasteiger partial charge in [0.05, 0.1) is 7.11 Å². The number of benzene rings is 1. The molecule has 22 heavy (non-hydrogen) atoms. The van der Waals surface area contributed by atoms with Crippen LogP contribution in [0.15, 0.2) is 24.3 Å². The fourth-order valence-electron chi connectivity index (χ4n) is 5.39. The Hall–Kier alpha value is -1.52. The molecule has 0 saturated carbocycles. The third-order valence-electron chi connectivity index (χ3n) is 6.35. The maximum absolute atomic E-state index is 10.6. The number of rotatable bonds is 1. The van der Waals surface area contributed by atoms with Gasteiger partial charge in [0, 0.05) is 22.9 Å². The van der Waals surface area contributed by atoms with Crippen LogP contribution >= 0.6 is 0 Å². The van der Waals surface area contributed by atoms with Gasteiger partial charge in [0.2, 0.25) is 0 Å². The number of aliphatic hydroxyl groups excluding tert-OH is 1. The molecule has 2 heterocycles. The lowest BCUT2D eigenvalue weighted by Crippen LogP contribution is -2.64. The zero-order valence-corrected chi connectivity index (χ0v) is 13.0. The maximum atomic E-state index is 10.6. The molecule has 5 rings (SSSR count). The summed E-state index contributed by atoms with van der Waals surface area (Å²) in [5, 5.41) is 10.6. The van der Waals surface area contributed by atoms with Crippen LogP contribution in [0.2, 0.25) is 0 Å². The van der Waals surface area contributed by atoms with Crippen molar-refractivity contribution in [3.63, 3.8) is 0 Å². The van der Waals surface area contributed by atoms with Gasteiger partial charge >= 0.3 is 0 Å². The van der Waals surface area contributed by atoms with E-state index in [-0.39, 0.29) is 11.5 Å². The van der Waals surface area contributed by atoms with E-state index in [2.05, 4.69) is 24.1 Å². The molecule has 2 bridgehead atoms. The van der Waals surface area contributed by atoms with E-state index < -0.39 is 6.10 Å². The van der Waals surface area contributed by atoms with Gasteiger partial charge in [-0.1, -0.05) is 18.2 Å². The van der Waals surface area contributed by atoms with Crippen molar-refractivity contribution in [2.45, 2.75) is 36.5 Å². The van der Waals surface area contributed by atoms with Crippen molar-refractivity contribution < 1.29 is 14.6 Å². The molecule has 0 radical (unpaired) electrons. The lowest BCUT2D eigenvalue weighted by atomic mass is 9.53. The zero-order chi connectivity index (χ0) is 15.1. The molecule has 116 valence electrons. The highest BCUT2D eigenvalue weighted by atomic mass is 16.5. The van der Waals surface area contributed by atoms with Crippen molar-refractivity contribution in [3.05, 3.63) is 35.4 Å². The van der Waals surface area contributed by atoms with Crippen LogP contribution < -0.4 is 9.47 Å². The van der Waals surface area contributed by atoms with Crippen LogP contribution in [-0.4, -0.2) is 49.0 Å². The van der Waals surface area contributed by atoms with Gasteiger partial charge in [-0.3, -0.25) is 0 Å². The van der Waals surface area contributed by atoms with E-state index >= 15 is 0 Å². The predicted octanol–water partition coefficient (Wildman–Crippen LogP) is 1.50. The van der Waals surface area contributed by atoms with Gasteiger partial charge in [-0.15, -0.1) is 0 Å². The molecular formula is C18H21NO3. The second kappa shape index (κ2) is 4.06. The van der Waals surface area contributed by atoms with E-state index in [9.17, 15) is 5.11 Å². The van der Waals surface area contributed by atoms with E-state index in [1.54, 1.807) is 7.11 Å². The van der Waals surface area contributed by atoms with Gasteiger partial charge in [-0.25, -0.2) is 0 Å². The molecule has 2 aliphatic heterocycles. The Bertz CT molecular complexity index is 685. The molecule has 2 unspecified atom stereocenters. The number of aliphatic hydroxyl groups is 1. The Kier molecular flexibility index (Phi) is 2.39. The standard InChI is InChI=1S/C18H21NO3/c1-19-8-7-18-11-4-5-13(20)17(18)22-16-14(21-2)6-3-10(15(16)18)9-12(11)19/h3-6,11-13,17,20H,7-9H2,1-2H3/t11?,12-,13?,17+,18+/m1/s1. The molecular weight excluding hydrogens is 278 g/mol. The van der Waals surface area contributed by atoms with Crippen LogP contribution in [0.25, 0.3) is 0 Å². The summed E-state index contributed by atoms with van der Waals surface area (Å²) in [7, 11) is 3.91. The SMILES string of the molecule is COc1ccc2c3c1O[C@H]1C(O)C=CC4[C@@H](C2)N(C)CC[C@@]341. The molecule has 1 aromatic rings. The average Bonchev–Trinajstić information content (AvgIpc) is 2.88. The molecule has 0 amide bonds. The molecule has 1 fully saturated rings. The fraction of sp³-hybridized carbons (Fsp3) is 0.556. The van der Waals surface area contributed by atoms with Crippen LogP contribution in [0.1, 0.15) is 17.5 Å². The average molecular weight is 299 g/mol. The summed E-state index contributed by atoms with van der Waals surface area (Å²) in [5.74, 6) is 2.09. The maximum Gasteiger partial charge on any atom is 0.165 e. The van der Waals surface area contributed by atoms with Crippen molar-refractivity contribution in [2.75, 3.05) is 20.7 Å². The van der Waals surface area contributed by atoms with E-state index in [0.29, 0.717) is 12.0 Å². The summed E-state index contributed by atoms with van der Waals surface area (Å²) in [6.07, 6.45) is 5.54. The van der Waals surface area contributed by atoms with Crippen LogP contribution in [0, 0.1) is 5.92 Å². The predicted molar refractivity (Wildman–Crippen MR) is 82.5 cm³/mol. The lowest BCUT2D eigenvalue weighted by Gasteiger charge is -2.56. The minimum Gasteiger partial charge on any atom is -0.493 e. The Morgan fingerprint density at radius 1 is 1.36 bits per heavy atom. The van der Waals surface area contributed by atoms with Crippen LogP contribution in [0.4, 0.5) is 0 Å². The lowest BCUT2D eigenvalue weighted by molar-refractivity contribution is -0.0453. The minimum atomic E-state index is -0.539. The molecule has 2 aliphatic carbocycles. The summed E-state index contributed by atoms with van der Waals surface area (Å²) in [4.78, 5) is 2.47. The van der Waals surface area contributed by atoms with E-state index in [0.717, 1.165) is 30.9 Å². The summed E-state index contributed by atoms with van der Waals surface area (Å²) in [5.41, 5.74) is 2.60. The molecule has 5 atom stereocenters. The zero-order valence-electron chi connectivity index (χ0n) is 13.0. The highest BCUT2D eigenvalue weighted by molar-refractivity contribution is 5.62. The normalized spacial score (nSPS) is 41.0. The minimum absolute atomic E-state index is 0.0806. The number of nitrogens with zero attached hydrogens (tertiary/aromatic N) is 1. The van der Waals surface area contributed by atoms with Crippen LogP contribution in [0.5, 0.6) is 11.5 Å². The highest BCUT2D eigenvalue weighted by Gasteiger charge is 2.64. The van der Waals surface area contributed by atoms with Gasteiger partial charge in [0.15, 0.2) is 11.5 Å². The van der Waals surface area contributed by atoms with Crippen molar-refractivity contribution in [3.8, 4) is 11.5 Å². The molecule has 1 saturated heterocycles. The Balaban J connectivity index is 1.82. The van der Waals surface area contributed by atoms with Crippen molar-refractivity contribution in [1.82, 2.24) is 4.90 Å². The van der Waals surface area contributed by atoms with Crippen LogP contribution in [-0.2, 0) is 11.8 Å². The second-order valence-corrected chi connectivity index (χ2v) is 7.11. The van der Waals surface area contributed by atoms with Gasteiger partial charge in [0.25, 0.3) is 0 Å². The van der Waals surface area contributed by atoms with Crippen LogP contribution in [0.3, 0.4) is 0 Å². The Morgan fingerprint density at radius 3 is 3.05 bits per heavy atom. The first kappa shape index (κ1) is 13.0. The summed E-state index contributed by atoms with van der Waals surface area (Å²) in [6, 6.07) is 4.70. The largest absolute Gasteiger partial charge is 0.493 e. The van der Waals surface area contributed by atoms with Crippen molar-refractivity contribution >= 4 is 0 Å². The molecule has 1 aromatic carbocycles. The van der Waals surface area contributed by atoms with E-state index in [1.165, 1.54) is 11.1 Å². The number of ether oxygens (including phenoxy) is 2. The number of likely N-dealkylation sites (N-methyl/N-ethyl adjacent to an activating group) is 1. The third-order valence-corrected chi connectivity index (χ3v) is 6.35. The number of hydrogen-bond acceptors (Lipinski definition) is 4. The fourth-order valence-corrected chi connectivity index (χ4v) is 5.39. The second-order valence-electron chi connectivity index (χ2n) is 7.11. The Labute approximate surface area is 130 Å². The highest BCUT2D eigenvalue weighted by Crippen LogP contribution is 2.62. The molecule has 1 spiro atoms. The monoisotopic (exact) mass is 299 g/mol. The first-order chi connectivity index (χ1) is 10.7. The topological polar surface area (TPSA) is 41.9 Å². The van der Waals surface area contributed by atoms with E-state index in [1.807, 2.05) is 12.1 Å². The van der Waals surface area contributed by atoms with Gasteiger partial charge < -0.3 is 19.5 Å². The van der Waals surface area contributed by atoms with E-state index in [4.69, 9.17) is 9.47 Å². The number of piperidine rings is 1. The van der Waals surface area contributed by atoms with Gasteiger partial charge in [0.1, 0.15) is 12.2 Å². The molecule has 4 nitrogen and oxygen atoms in total. The summed E-state index contributed by atoms with van der Waals surface area (Å²) >= 11 is 0. The summed E-state index contributed by atoms with van der Waals surface area (Å²) in [6.45, 7) is 1.05.